The van der Waals surface area contributed by atoms with Crippen LogP contribution in [0, 0.1) is 26.9 Å². The number of aromatic amines is 1. The van der Waals surface area contributed by atoms with Crippen molar-refractivity contribution in [3.8, 4) is 17.2 Å². The number of H-pyrrole nitrogens is 1. The van der Waals surface area contributed by atoms with E-state index in [1.54, 1.807) is 30.6 Å². The highest BCUT2D eigenvalue weighted by Gasteiger charge is 2.50. The molecule has 1 spiro atoms. The number of piperidine rings is 1. The largest absolute Gasteiger partial charge is 0.491 e. The molecule has 3 aliphatic heterocycles. The molecule has 1 amide bonds. The summed E-state index contributed by atoms with van der Waals surface area (Å²) in [7, 11) is -4.62. The van der Waals surface area contributed by atoms with Crippen LogP contribution in [0.2, 0.25) is 0 Å². The number of hydrogen-bond donors (Lipinski definition) is 2. The van der Waals surface area contributed by atoms with Gasteiger partial charge in [-0.25, -0.2) is 18.1 Å². The fourth-order valence-electron chi connectivity index (χ4n) is 11.3. The zero-order valence-electron chi connectivity index (χ0n) is 38.7. The Labute approximate surface area is 396 Å². The first-order chi connectivity index (χ1) is 32.1. The van der Waals surface area contributed by atoms with E-state index in [1.165, 1.54) is 29.0 Å². The Morgan fingerprint density at radius 2 is 1.78 bits per heavy atom. The van der Waals surface area contributed by atoms with Gasteiger partial charge in [-0.1, -0.05) is 52.0 Å². The van der Waals surface area contributed by atoms with E-state index in [0.717, 1.165) is 94.7 Å². The van der Waals surface area contributed by atoms with Gasteiger partial charge in [-0.3, -0.25) is 19.8 Å². The highest BCUT2D eigenvalue weighted by Crippen LogP contribution is 2.54. The Morgan fingerprint density at radius 1 is 1.00 bits per heavy atom. The van der Waals surface area contributed by atoms with Crippen LogP contribution >= 0.6 is 11.8 Å². The topological polar surface area (TPSA) is 169 Å². The lowest BCUT2D eigenvalue weighted by Gasteiger charge is -2.57. The van der Waals surface area contributed by atoms with E-state index in [2.05, 4.69) is 76.5 Å². The van der Waals surface area contributed by atoms with Crippen molar-refractivity contribution in [1.82, 2.24) is 19.6 Å². The lowest BCUT2D eigenvalue weighted by Crippen LogP contribution is -2.58. The van der Waals surface area contributed by atoms with Crippen molar-refractivity contribution in [3.05, 3.63) is 106 Å². The van der Waals surface area contributed by atoms with Gasteiger partial charge < -0.3 is 24.1 Å². The monoisotopic (exact) mass is 948 g/mol. The summed E-state index contributed by atoms with van der Waals surface area (Å²) in [5.41, 5.74) is 4.44. The summed E-state index contributed by atoms with van der Waals surface area (Å²) >= 11 is 1.39. The Hall–Kier alpha value is -5.16. The molecule has 0 bridgehead atoms. The molecule has 2 saturated carbocycles. The number of aromatic nitrogens is 2. The summed E-state index contributed by atoms with van der Waals surface area (Å²) in [4.78, 5) is 38.4. The number of nitro groups is 1. The van der Waals surface area contributed by atoms with Crippen LogP contribution in [-0.2, 0) is 14.8 Å². The second kappa shape index (κ2) is 18.1. The Morgan fingerprint density at radius 3 is 2.54 bits per heavy atom. The second-order valence-corrected chi connectivity index (χ2v) is 23.4. The predicted octanol–water partition coefficient (Wildman–Crippen LogP) is 10.4. The average molecular weight is 949 g/mol. The minimum Gasteiger partial charge on any atom is -0.491 e. The number of anilines is 1. The van der Waals surface area contributed by atoms with Crippen molar-refractivity contribution >= 4 is 50.1 Å². The van der Waals surface area contributed by atoms with Crippen molar-refractivity contribution in [2.45, 2.75) is 112 Å². The van der Waals surface area contributed by atoms with E-state index in [9.17, 15) is 23.3 Å². The third-order valence-electron chi connectivity index (χ3n) is 15.3. The molecule has 1 unspecified atom stereocenters. The molecular weight excluding hydrogens is 889 g/mol. The van der Waals surface area contributed by atoms with Gasteiger partial charge in [-0.15, -0.1) is 11.8 Å². The molecule has 2 N–H and O–H groups in total. The van der Waals surface area contributed by atoms with Gasteiger partial charge in [-0.05, 0) is 109 Å². The molecule has 0 radical (unpaired) electrons. The number of nitro benzene ring substituents is 1. The van der Waals surface area contributed by atoms with E-state index in [-0.39, 0.29) is 44.9 Å². The Balaban J connectivity index is 0.856. The maximum Gasteiger partial charge on any atom is 0.288 e. The summed E-state index contributed by atoms with van der Waals surface area (Å²) in [6.45, 7) is 13.4. The van der Waals surface area contributed by atoms with E-state index in [4.69, 9.17) is 14.2 Å². The van der Waals surface area contributed by atoms with Crippen LogP contribution in [0.15, 0.2) is 88.9 Å². The third kappa shape index (κ3) is 9.26. The summed E-state index contributed by atoms with van der Waals surface area (Å²) in [6.07, 6.45) is 11.8. The summed E-state index contributed by atoms with van der Waals surface area (Å²) < 4.78 is 48.7. The fraction of sp³-hybridized carbons (Fsp3) is 0.490. The Bertz CT molecular complexity index is 2790. The van der Waals surface area contributed by atoms with Gasteiger partial charge >= 0.3 is 0 Å². The first-order valence-electron chi connectivity index (χ1n) is 23.8. The van der Waals surface area contributed by atoms with Gasteiger partial charge in [0.15, 0.2) is 0 Å². The van der Waals surface area contributed by atoms with E-state index < -0.39 is 25.7 Å². The Kier molecular flexibility index (Phi) is 12.3. The number of thioether (sulfide) groups is 1. The number of carbonyl (C=O) groups is 1. The number of morpholine rings is 1. The molecule has 5 aromatic rings. The molecule has 14 nitrogen and oxygen atoms in total. The van der Waals surface area contributed by atoms with Gasteiger partial charge in [-0.2, -0.15) is 0 Å². The third-order valence-corrected chi connectivity index (χ3v) is 18.1. The molecule has 10 rings (SSSR count). The molecule has 16 heteroatoms. The van der Waals surface area contributed by atoms with Crippen molar-refractivity contribution in [2.75, 3.05) is 44.4 Å². The first kappa shape index (κ1) is 45.6. The minimum absolute atomic E-state index is 0.0163. The zero-order chi connectivity index (χ0) is 46.7. The van der Waals surface area contributed by atoms with Crippen molar-refractivity contribution < 1.29 is 32.3 Å². The van der Waals surface area contributed by atoms with E-state index >= 15 is 0 Å². The van der Waals surface area contributed by atoms with Gasteiger partial charge in [0.25, 0.3) is 21.6 Å². The van der Waals surface area contributed by atoms with Crippen molar-refractivity contribution in [1.29, 1.82) is 0 Å². The van der Waals surface area contributed by atoms with Crippen LogP contribution in [-0.4, -0.2) is 84.9 Å². The summed E-state index contributed by atoms with van der Waals surface area (Å²) in [5.74, 6) is 0.479. The number of benzene rings is 3. The molecule has 2 aromatic heterocycles. The van der Waals surface area contributed by atoms with Crippen LogP contribution in [0.25, 0.3) is 11.0 Å². The number of carbonyl (C=O) groups excluding carboxylic acids is 1. The van der Waals surface area contributed by atoms with Gasteiger partial charge in [0.1, 0.15) is 34.4 Å². The number of nitrogens with zero attached hydrogens (tertiary/aromatic N) is 4. The highest BCUT2D eigenvalue weighted by molar-refractivity contribution is 8.00. The number of hydrogen-bond acceptors (Lipinski definition) is 12. The first-order valence-corrected chi connectivity index (χ1v) is 26.1. The maximum absolute atomic E-state index is 14.1. The minimum atomic E-state index is -4.62. The molecule has 354 valence electrons. The number of amides is 1. The lowest BCUT2D eigenvalue weighted by atomic mass is 9.59. The molecule has 5 aliphatic rings. The maximum atomic E-state index is 14.1. The molecule has 67 heavy (non-hydrogen) atoms. The van der Waals surface area contributed by atoms with Crippen LogP contribution < -0.4 is 19.1 Å². The van der Waals surface area contributed by atoms with Gasteiger partial charge in [0, 0.05) is 66.4 Å². The smallest absolute Gasteiger partial charge is 0.288 e. The standard InChI is InChI=1S/C51H60N6O8S2/c1-32(2)39-7-5-6-8-40(39)43-30-63-22-21-56(43)36-27-51(28-36)16-19-55(20-17-51)35-9-10-41(44(24-35)65-37-23-34-13-18-52-48(34)53-29-37)49(58)54-67(61,62)38-25-42(57(59)60)47-45(26-38)64-31-46(66-47)33-11-14-50(3,4)15-12-33/h5-10,13,18,23-26,29,32-33,36,43,46H,11-12,14-17,19-22,27-28,30-31H2,1-4H3,(H,52,53)(H,54,58)/t43-,46?/m1/s1. The van der Waals surface area contributed by atoms with Crippen molar-refractivity contribution in [3.63, 3.8) is 0 Å². The molecule has 2 aliphatic carbocycles. The fourth-order valence-corrected chi connectivity index (χ4v) is 13.7. The number of sulfonamides is 1. The average Bonchev–Trinajstić information content (AvgIpc) is 3.78. The molecule has 5 heterocycles. The van der Waals surface area contributed by atoms with Gasteiger partial charge in [0.2, 0.25) is 0 Å². The van der Waals surface area contributed by atoms with Crippen LogP contribution in [0.3, 0.4) is 0 Å². The van der Waals surface area contributed by atoms with E-state index in [0.29, 0.717) is 47.4 Å². The molecular formula is C51H60N6O8S2. The quantitative estimate of drug-likeness (QED) is 0.0951. The molecule has 4 fully saturated rings. The van der Waals surface area contributed by atoms with Crippen LogP contribution in [0.4, 0.5) is 11.4 Å². The molecule has 2 saturated heterocycles. The highest BCUT2D eigenvalue weighted by atomic mass is 32.2. The number of nitrogens with one attached hydrogen (secondary N) is 2. The summed E-state index contributed by atoms with van der Waals surface area (Å²) in [6, 6.07) is 20.7. The van der Waals surface area contributed by atoms with Gasteiger partial charge in [0.05, 0.1) is 40.8 Å². The van der Waals surface area contributed by atoms with Crippen molar-refractivity contribution in [2.24, 2.45) is 16.7 Å². The lowest BCUT2D eigenvalue weighted by molar-refractivity contribution is -0.388. The molecule has 2 atom stereocenters. The number of ether oxygens (including phenoxy) is 3. The molecule has 3 aromatic carbocycles. The predicted molar refractivity (Wildman–Crippen MR) is 259 cm³/mol. The normalized spacial score (nSPS) is 22.3. The second-order valence-electron chi connectivity index (χ2n) is 20.5. The zero-order valence-corrected chi connectivity index (χ0v) is 40.3. The summed E-state index contributed by atoms with van der Waals surface area (Å²) in [5, 5.41) is 13.3. The number of fused-ring (bicyclic) bond motifs is 2. The SMILES string of the molecule is CC(C)c1ccccc1[C@H]1COCCN1C1CC2(CCN(c3ccc(C(=O)NS(=O)(=O)c4cc5c(c([N+](=O)[O-])c4)SC(C4CCC(C)(C)CC4)CO5)c(Oc4cnc5[nH]ccc5c4)c3)CC2)C1. The number of pyridine rings is 1. The van der Waals surface area contributed by atoms with Crippen LogP contribution in [0.1, 0.15) is 113 Å². The number of rotatable bonds is 11. The van der Waals surface area contributed by atoms with E-state index in [1.807, 2.05) is 12.1 Å². The van der Waals surface area contributed by atoms with Crippen LogP contribution in [0.5, 0.6) is 17.2 Å².